The van der Waals surface area contributed by atoms with E-state index >= 15 is 0 Å². The van der Waals surface area contributed by atoms with Gasteiger partial charge in [0.25, 0.3) is 5.91 Å². The number of rotatable bonds is 6. The van der Waals surface area contributed by atoms with E-state index in [-0.39, 0.29) is 27.4 Å². The first-order valence-corrected chi connectivity index (χ1v) is 10.3. The molecule has 0 spiro atoms. The Morgan fingerprint density at radius 1 is 1.27 bits per heavy atom. The molecular weight excluding hydrogens is 380 g/mol. The number of carbonyl (C=O) groups is 2. The summed E-state index contributed by atoms with van der Waals surface area (Å²) in [4.78, 5) is 24.1. The first-order chi connectivity index (χ1) is 12.2. The summed E-state index contributed by atoms with van der Waals surface area (Å²) in [5.74, 6) is -0.844. The maximum absolute atomic E-state index is 12.2. The van der Waals surface area contributed by atoms with Crippen molar-refractivity contribution in [3.05, 3.63) is 28.8 Å². The Hall–Kier alpha value is -1.64. The number of hydrogen-bond acceptors (Lipinski definition) is 5. The maximum Gasteiger partial charge on any atom is 0.340 e. The number of nitrogens with one attached hydrogen (secondary N) is 2. The lowest BCUT2D eigenvalue weighted by molar-refractivity contribution is -0.125. The highest BCUT2D eigenvalue weighted by molar-refractivity contribution is 7.89. The van der Waals surface area contributed by atoms with Gasteiger partial charge >= 0.3 is 5.97 Å². The number of esters is 1. The molecule has 0 radical (unpaired) electrons. The Bertz CT molecular complexity index is 781. The molecule has 2 atom stereocenters. The lowest BCUT2D eigenvalue weighted by Crippen LogP contribution is -2.42. The van der Waals surface area contributed by atoms with Crippen LogP contribution in [0.4, 0.5) is 0 Å². The first-order valence-electron chi connectivity index (χ1n) is 8.44. The van der Waals surface area contributed by atoms with Crippen LogP contribution in [0, 0.1) is 5.92 Å². The normalized spacial score (nSPS) is 20.4. The summed E-state index contributed by atoms with van der Waals surface area (Å²) in [7, 11) is -2.46. The topological polar surface area (TPSA) is 102 Å². The van der Waals surface area contributed by atoms with E-state index in [1.807, 2.05) is 0 Å². The van der Waals surface area contributed by atoms with Crippen molar-refractivity contribution < 1.29 is 22.7 Å². The molecule has 0 bridgehead atoms. The fourth-order valence-electron chi connectivity index (χ4n) is 2.93. The molecule has 2 rings (SSSR count). The summed E-state index contributed by atoms with van der Waals surface area (Å²) in [6, 6.07) is 3.79. The molecule has 1 saturated carbocycles. The van der Waals surface area contributed by atoms with Crippen molar-refractivity contribution in [2.75, 3.05) is 13.7 Å². The van der Waals surface area contributed by atoms with Gasteiger partial charge in [0.05, 0.1) is 15.5 Å². The zero-order valence-electron chi connectivity index (χ0n) is 14.7. The minimum Gasteiger partial charge on any atom is -0.452 e. The maximum atomic E-state index is 12.2. The van der Waals surface area contributed by atoms with Gasteiger partial charge < -0.3 is 10.1 Å². The SMILES string of the molecule is CNS(=O)(=O)c1ccc(Cl)c(C(=O)OCC(=O)N[C@@H]2CCCC[C@@H]2C)c1. The van der Waals surface area contributed by atoms with Crippen LogP contribution in [0.3, 0.4) is 0 Å². The highest BCUT2D eigenvalue weighted by Gasteiger charge is 2.24. The molecule has 1 fully saturated rings. The quantitative estimate of drug-likeness (QED) is 0.709. The molecule has 1 amide bonds. The highest BCUT2D eigenvalue weighted by Crippen LogP contribution is 2.24. The van der Waals surface area contributed by atoms with Gasteiger partial charge in [0, 0.05) is 6.04 Å². The summed E-state index contributed by atoms with van der Waals surface area (Å²) in [6.07, 6.45) is 4.20. The van der Waals surface area contributed by atoms with Crippen molar-refractivity contribution in [1.29, 1.82) is 0 Å². The number of hydrogen-bond donors (Lipinski definition) is 2. The molecule has 1 aromatic carbocycles. The Balaban J connectivity index is 1.99. The predicted molar refractivity (Wildman–Crippen MR) is 97.5 cm³/mol. The smallest absolute Gasteiger partial charge is 0.340 e. The molecule has 0 aromatic heterocycles. The van der Waals surface area contributed by atoms with Gasteiger partial charge in [0.2, 0.25) is 10.0 Å². The van der Waals surface area contributed by atoms with Gasteiger partial charge in [0.1, 0.15) is 0 Å². The third kappa shape index (κ3) is 5.18. The summed E-state index contributed by atoms with van der Waals surface area (Å²) in [6.45, 7) is 1.64. The van der Waals surface area contributed by atoms with Crippen molar-refractivity contribution in [2.45, 2.75) is 43.5 Å². The van der Waals surface area contributed by atoms with Crippen LogP contribution in [0.2, 0.25) is 5.02 Å². The number of benzene rings is 1. The molecule has 0 heterocycles. The van der Waals surface area contributed by atoms with Crippen molar-refractivity contribution in [3.63, 3.8) is 0 Å². The number of amides is 1. The Kier molecular flexibility index (Phi) is 7.02. The second-order valence-corrected chi connectivity index (χ2v) is 8.65. The van der Waals surface area contributed by atoms with E-state index in [1.54, 1.807) is 0 Å². The zero-order valence-corrected chi connectivity index (χ0v) is 16.3. The summed E-state index contributed by atoms with van der Waals surface area (Å²) in [5.41, 5.74) is -0.109. The van der Waals surface area contributed by atoms with Crippen LogP contribution in [0.25, 0.3) is 0 Å². The molecule has 0 saturated heterocycles. The van der Waals surface area contributed by atoms with Crippen molar-refractivity contribution >= 4 is 33.5 Å². The molecule has 2 N–H and O–H groups in total. The van der Waals surface area contributed by atoms with E-state index in [0.717, 1.165) is 31.7 Å². The third-order valence-electron chi connectivity index (χ3n) is 4.53. The summed E-state index contributed by atoms with van der Waals surface area (Å²) < 4.78 is 30.8. The fourth-order valence-corrected chi connectivity index (χ4v) is 3.88. The lowest BCUT2D eigenvalue weighted by atomic mass is 9.86. The number of ether oxygens (including phenoxy) is 1. The van der Waals surface area contributed by atoms with Gasteiger partial charge in [0.15, 0.2) is 6.61 Å². The van der Waals surface area contributed by atoms with E-state index < -0.39 is 22.6 Å². The van der Waals surface area contributed by atoms with Crippen LogP contribution in [0.5, 0.6) is 0 Å². The molecule has 144 valence electrons. The fraction of sp³-hybridized carbons (Fsp3) is 0.529. The second-order valence-electron chi connectivity index (χ2n) is 6.36. The monoisotopic (exact) mass is 402 g/mol. The first kappa shape index (κ1) is 20.7. The minimum atomic E-state index is -3.72. The van der Waals surface area contributed by atoms with Gasteiger partial charge in [-0.15, -0.1) is 0 Å². The highest BCUT2D eigenvalue weighted by atomic mass is 35.5. The number of carbonyl (C=O) groups excluding carboxylic acids is 2. The summed E-state index contributed by atoms with van der Waals surface area (Å²) >= 11 is 5.96. The molecule has 1 aliphatic rings. The Labute approximate surface area is 158 Å². The Morgan fingerprint density at radius 3 is 2.62 bits per heavy atom. The van der Waals surface area contributed by atoms with Crippen LogP contribution < -0.4 is 10.0 Å². The third-order valence-corrected chi connectivity index (χ3v) is 6.27. The summed E-state index contributed by atoms with van der Waals surface area (Å²) in [5, 5.41) is 2.93. The van der Waals surface area contributed by atoms with E-state index in [4.69, 9.17) is 16.3 Å². The standard InChI is InChI=1S/C17H23ClN2O5S/c1-11-5-3-4-6-15(11)20-16(21)10-25-17(22)13-9-12(7-8-14(13)18)26(23,24)19-2/h7-9,11,15,19H,3-6,10H2,1-2H3,(H,20,21)/t11-,15+/m0/s1. The van der Waals surface area contributed by atoms with Crippen LogP contribution in [0.15, 0.2) is 23.1 Å². The average Bonchev–Trinajstić information content (AvgIpc) is 2.62. The van der Waals surface area contributed by atoms with Gasteiger partial charge in [-0.3, -0.25) is 4.79 Å². The van der Waals surface area contributed by atoms with Crippen LogP contribution in [-0.4, -0.2) is 40.0 Å². The van der Waals surface area contributed by atoms with Crippen LogP contribution >= 0.6 is 11.6 Å². The van der Waals surface area contributed by atoms with Crippen molar-refractivity contribution in [1.82, 2.24) is 10.0 Å². The predicted octanol–water partition coefficient (Wildman–Crippen LogP) is 2.10. The van der Waals surface area contributed by atoms with E-state index in [1.165, 1.54) is 19.2 Å². The van der Waals surface area contributed by atoms with Gasteiger partial charge in [-0.25, -0.2) is 17.9 Å². The van der Waals surface area contributed by atoms with E-state index in [0.29, 0.717) is 5.92 Å². The molecule has 0 unspecified atom stereocenters. The molecule has 0 aliphatic heterocycles. The second kappa shape index (κ2) is 8.83. The van der Waals surface area contributed by atoms with E-state index in [9.17, 15) is 18.0 Å². The van der Waals surface area contributed by atoms with Crippen molar-refractivity contribution in [3.8, 4) is 0 Å². The number of halogens is 1. The molecule has 1 aliphatic carbocycles. The Morgan fingerprint density at radius 2 is 1.96 bits per heavy atom. The van der Waals surface area contributed by atoms with E-state index in [2.05, 4.69) is 17.0 Å². The largest absolute Gasteiger partial charge is 0.452 e. The molecule has 1 aromatic rings. The van der Waals surface area contributed by atoms with Crippen molar-refractivity contribution in [2.24, 2.45) is 5.92 Å². The minimum absolute atomic E-state index is 0.0476. The zero-order chi connectivity index (χ0) is 19.3. The molecular formula is C17H23ClN2O5S. The number of sulfonamides is 1. The lowest BCUT2D eigenvalue weighted by Gasteiger charge is -2.29. The van der Waals surface area contributed by atoms with Gasteiger partial charge in [-0.05, 0) is 44.0 Å². The average molecular weight is 403 g/mol. The van der Waals surface area contributed by atoms with Crippen LogP contribution in [-0.2, 0) is 19.6 Å². The molecule has 7 nitrogen and oxygen atoms in total. The molecule has 26 heavy (non-hydrogen) atoms. The van der Waals surface area contributed by atoms with Crippen LogP contribution in [0.1, 0.15) is 43.0 Å². The molecule has 9 heteroatoms. The van der Waals surface area contributed by atoms with Gasteiger partial charge in [-0.2, -0.15) is 0 Å². The van der Waals surface area contributed by atoms with Gasteiger partial charge in [-0.1, -0.05) is 31.4 Å².